The molecule has 1 unspecified atom stereocenters. The molecule has 4 heteroatoms. The van der Waals surface area contributed by atoms with Gasteiger partial charge in [-0.3, -0.25) is 4.57 Å². The highest BCUT2D eigenvalue weighted by Crippen LogP contribution is 2.54. The molecule has 4 nitrogen and oxygen atoms in total. The fraction of sp³-hybridized carbons (Fsp3) is 0.160. The van der Waals surface area contributed by atoms with Crippen molar-refractivity contribution in [3.05, 3.63) is 157 Å². The van der Waals surface area contributed by atoms with Gasteiger partial charge in [0.15, 0.2) is 5.82 Å². The Balaban J connectivity index is 1.27. The summed E-state index contributed by atoms with van der Waals surface area (Å²) >= 11 is 0. The molecule has 10 aromatic rings. The third kappa shape index (κ3) is 4.08. The van der Waals surface area contributed by atoms with Crippen LogP contribution in [0.2, 0.25) is 0 Å². The highest BCUT2D eigenvalue weighted by Gasteiger charge is 2.48. The van der Waals surface area contributed by atoms with E-state index < -0.39 is 0 Å². The zero-order valence-electron chi connectivity index (χ0n) is 31.2. The highest BCUT2D eigenvalue weighted by atomic mass is 15.1. The molecule has 0 spiro atoms. The van der Waals surface area contributed by atoms with Crippen LogP contribution < -0.4 is 0 Å². The molecule has 260 valence electrons. The lowest BCUT2D eigenvalue weighted by molar-refractivity contribution is 0.264. The second-order valence-corrected chi connectivity index (χ2v) is 16.4. The largest absolute Gasteiger partial charge is 0.309 e. The summed E-state index contributed by atoms with van der Waals surface area (Å²) in [5.41, 5.74) is 10.9. The standard InChI is InChI=1S/C50H40N4/c1-30-49(2,3)37-25-24-33(29-38(37)50(30,4)5)53-40-21-13-11-19-35(40)45-42(53)27-28-43-46(45)36-20-12-14-22-41(36)54(43)48-44-34-18-10-9-15-31(34)23-26-39(44)51-47(52-48)32-16-7-6-8-17-32/h6-30H,1-5H3. The predicted octanol–water partition coefficient (Wildman–Crippen LogP) is 12.8. The summed E-state index contributed by atoms with van der Waals surface area (Å²) in [6.07, 6.45) is 0. The minimum Gasteiger partial charge on any atom is -0.309 e. The summed E-state index contributed by atoms with van der Waals surface area (Å²) in [7, 11) is 0. The van der Waals surface area contributed by atoms with Crippen molar-refractivity contribution in [2.45, 2.75) is 45.4 Å². The van der Waals surface area contributed by atoms with Gasteiger partial charge in [0.2, 0.25) is 0 Å². The summed E-state index contributed by atoms with van der Waals surface area (Å²) in [5.74, 6) is 2.13. The third-order valence-corrected chi connectivity index (χ3v) is 13.1. The average Bonchev–Trinajstić information content (AvgIpc) is 3.76. The lowest BCUT2D eigenvalue weighted by Gasteiger charge is -2.32. The molecular formula is C50H40N4. The molecular weight excluding hydrogens is 657 g/mol. The first-order valence-corrected chi connectivity index (χ1v) is 19.1. The monoisotopic (exact) mass is 696 g/mol. The van der Waals surface area contributed by atoms with Gasteiger partial charge in [0.05, 0.1) is 33.0 Å². The maximum atomic E-state index is 5.47. The number of nitrogens with zero attached hydrogens (tertiary/aromatic N) is 4. The van der Waals surface area contributed by atoms with Crippen molar-refractivity contribution < 1.29 is 0 Å². The minimum atomic E-state index is 0.0668. The Morgan fingerprint density at radius 2 is 1.07 bits per heavy atom. The molecule has 1 aliphatic rings. The van der Waals surface area contributed by atoms with Crippen LogP contribution in [0.3, 0.4) is 0 Å². The Morgan fingerprint density at radius 1 is 0.481 bits per heavy atom. The Hall–Kier alpha value is -6.26. The molecule has 0 N–H and O–H groups in total. The van der Waals surface area contributed by atoms with E-state index >= 15 is 0 Å². The van der Waals surface area contributed by atoms with Crippen LogP contribution in [0.1, 0.15) is 45.7 Å². The number of aromatic nitrogens is 4. The Labute approximate surface area is 314 Å². The summed E-state index contributed by atoms with van der Waals surface area (Å²) in [5, 5.41) is 8.32. The Bertz CT molecular complexity index is 3180. The quantitative estimate of drug-likeness (QED) is 0.172. The number of hydrogen-bond acceptors (Lipinski definition) is 2. The second kappa shape index (κ2) is 10.9. The van der Waals surface area contributed by atoms with Crippen molar-refractivity contribution in [2.24, 2.45) is 5.92 Å². The number of benzene rings is 7. The highest BCUT2D eigenvalue weighted by molar-refractivity contribution is 6.29. The molecule has 7 aromatic carbocycles. The first-order chi connectivity index (χ1) is 26.2. The molecule has 0 amide bonds. The third-order valence-electron chi connectivity index (χ3n) is 13.1. The van der Waals surface area contributed by atoms with Gasteiger partial charge in [-0.1, -0.05) is 138 Å². The Morgan fingerprint density at radius 3 is 1.80 bits per heavy atom. The SMILES string of the molecule is CC1C(C)(C)c2ccc(-n3c4ccccc4c4c5c6ccccc6n(-c6nc(-c7ccccc7)nc7ccc8ccccc8c67)c5ccc43)cc2C1(C)C. The van der Waals surface area contributed by atoms with E-state index in [1.807, 2.05) is 6.07 Å². The van der Waals surface area contributed by atoms with Crippen LogP contribution in [-0.4, -0.2) is 19.1 Å². The van der Waals surface area contributed by atoms with Gasteiger partial charge < -0.3 is 4.57 Å². The maximum Gasteiger partial charge on any atom is 0.162 e. The van der Waals surface area contributed by atoms with Crippen molar-refractivity contribution in [1.29, 1.82) is 0 Å². The van der Waals surface area contributed by atoms with Crippen LogP contribution in [0.25, 0.3) is 88.2 Å². The van der Waals surface area contributed by atoms with E-state index in [1.54, 1.807) is 0 Å². The first kappa shape index (κ1) is 31.3. The molecule has 1 atom stereocenters. The fourth-order valence-corrected chi connectivity index (χ4v) is 9.92. The summed E-state index contributed by atoms with van der Waals surface area (Å²) < 4.78 is 4.88. The normalized spacial score (nSPS) is 16.4. The van der Waals surface area contributed by atoms with Crippen LogP contribution in [0, 0.1) is 5.92 Å². The van der Waals surface area contributed by atoms with Crippen molar-refractivity contribution in [3.8, 4) is 22.9 Å². The zero-order chi connectivity index (χ0) is 36.5. The molecule has 3 heterocycles. The summed E-state index contributed by atoms with van der Waals surface area (Å²) in [4.78, 5) is 10.6. The van der Waals surface area contributed by atoms with Crippen LogP contribution in [0.15, 0.2) is 146 Å². The van der Waals surface area contributed by atoms with E-state index in [0.29, 0.717) is 11.7 Å². The van der Waals surface area contributed by atoms with E-state index in [-0.39, 0.29) is 10.8 Å². The topological polar surface area (TPSA) is 35.6 Å². The smallest absolute Gasteiger partial charge is 0.162 e. The summed E-state index contributed by atoms with van der Waals surface area (Å²) in [6, 6.07) is 52.9. The lowest BCUT2D eigenvalue weighted by atomic mass is 9.71. The van der Waals surface area contributed by atoms with E-state index in [0.717, 1.165) is 38.7 Å². The van der Waals surface area contributed by atoms with Crippen molar-refractivity contribution in [2.75, 3.05) is 0 Å². The zero-order valence-corrected chi connectivity index (χ0v) is 31.2. The number of para-hydroxylation sites is 2. The van der Waals surface area contributed by atoms with E-state index in [1.165, 1.54) is 54.8 Å². The average molecular weight is 697 g/mol. The van der Waals surface area contributed by atoms with Gasteiger partial charge in [-0.2, -0.15) is 0 Å². The second-order valence-electron chi connectivity index (χ2n) is 16.4. The Kier molecular flexibility index (Phi) is 6.31. The number of fused-ring (bicyclic) bond motifs is 11. The van der Waals surface area contributed by atoms with Crippen molar-refractivity contribution in [1.82, 2.24) is 19.1 Å². The molecule has 0 aliphatic heterocycles. The van der Waals surface area contributed by atoms with Crippen LogP contribution in [0.4, 0.5) is 0 Å². The maximum absolute atomic E-state index is 5.47. The molecule has 0 bridgehead atoms. The first-order valence-electron chi connectivity index (χ1n) is 19.1. The van der Waals surface area contributed by atoms with Crippen molar-refractivity contribution in [3.63, 3.8) is 0 Å². The molecule has 0 fully saturated rings. The van der Waals surface area contributed by atoms with Crippen LogP contribution in [0.5, 0.6) is 0 Å². The van der Waals surface area contributed by atoms with Gasteiger partial charge >= 0.3 is 0 Å². The van der Waals surface area contributed by atoms with Gasteiger partial charge in [0.25, 0.3) is 0 Å². The van der Waals surface area contributed by atoms with Gasteiger partial charge in [-0.05, 0) is 81.1 Å². The molecule has 1 aliphatic carbocycles. The number of hydrogen-bond donors (Lipinski definition) is 0. The van der Waals surface area contributed by atoms with E-state index in [9.17, 15) is 0 Å². The van der Waals surface area contributed by atoms with Crippen LogP contribution in [-0.2, 0) is 10.8 Å². The van der Waals surface area contributed by atoms with Crippen molar-refractivity contribution >= 4 is 65.3 Å². The molecule has 3 aromatic heterocycles. The molecule has 0 saturated carbocycles. The minimum absolute atomic E-state index is 0.0668. The van der Waals surface area contributed by atoms with Gasteiger partial charge in [-0.15, -0.1) is 0 Å². The molecule has 0 radical (unpaired) electrons. The van der Waals surface area contributed by atoms with Gasteiger partial charge in [0, 0.05) is 32.8 Å². The van der Waals surface area contributed by atoms with Gasteiger partial charge in [0.1, 0.15) is 5.82 Å². The van der Waals surface area contributed by atoms with E-state index in [4.69, 9.17) is 9.97 Å². The molecule has 11 rings (SSSR count). The summed E-state index contributed by atoms with van der Waals surface area (Å²) in [6.45, 7) is 12.1. The van der Waals surface area contributed by atoms with Gasteiger partial charge in [-0.25, -0.2) is 9.97 Å². The predicted molar refractivity (Wildman–Crippen MR) is 226 cm³/mol. The molecule has 54 heavy (non-hydrogen) atoms. The molecule has 0 saturated heterocycles. The lowest BCUT2D eigenvalue weighted by Crippen LogP contribution is -2.30. The van der Waals surface area contributed by atoms with E-state index in [2.05, 4.69) is 183 Å². The fourth-order valence-electron chi connectivity index (χ4n) is 9.92. The van der Waals surface area contributed by atoms with Crippen LogP contribution >= 0.6 is 0 Å². The number of rotatable bonds is 3.